The molecule has 0 N–H and O–H groups in total. The Morgan fingerprint density at radius 1 is 0.458 bits per heavy atom. The van der Waals surface area contributed by atoms with Crippen LogP contribution in [-0.2, 0) is 36.3 Å². The van der Waals surface area contributed by atoms with Crippen molar-refractivity contribution in [3.8, 4) is 0 Å². The molecule has 0 aliphatic carbocycles. The lowest BCUT2D eigenvalue weighted by atomic mass is 10.8. The van der Waals surface area contributed by atoms with Crippen molar-refractivity contribution in [3.63, 3.8) is 0 Å². The average molecular weight is 650 g/mol. The molecule has 0 aromatic heterocycles. The van der Waals surface area contributed by atoms with E-state index in [0.29, 0.717) is 21.3 Å². The minimum absolute atomic E-state index is 0.154. The molecular formula is C10H20Br4O8P2. The van der Waals surface area contributed by atoms with E-state index in [-0.39, 0.29) is 39.6 Å². The summed E-state index contributed by atoms with van der Waals surface area (Å²) in [6.45, 7) is 0.287. The van der Waals surface area contributed by atoms with Crippen molar-refractivity contribution in [2.45, 2.75) is 0 Å². The molecule has 0 saturated heterocycles. The average Bonchev–Trinajstić information content (AvgIpc) is 2.59. The van der Waals surface area contributed by atoms with Crippen LogP contribution in [-0.4, -0.2) is 61.0 Å². The van der Waals surface area contributed by atoms with Gasteiger partial charge in [-0.2, -0.15) is 0 Å². The van der Waals surface area contributed by atoms with Crippen LogP contribution in [0.1, 0.15) is 0 Å². The van der Waals surface area contributed by atoms with Crippen molar-refractivity contribution in [1.29, 1.82) is 0 Å². The highest BCUT2D eigenvalue weighted by Gasteiger charge is 2.29. The van der Waals surface area contributed by atoms with Crippen LogP contribution in [0.5, 0.6) is 0 Å². The molecule has 0 spiro atoms. The number of phosphoric acid groups is 2. The van der Waals surface area contributed by atoms with E-state index in [1.54, 1.807) is 0 Å². The topological polar surface area (TPSA) is 89.5 Å². The molecule has 0 aliphatic heterocycles. The molecule has 0 rings (SSSR count). The number of phosphoric ester groups is 2. The van der Waals surface area contributed by atoms with Crippen LogP contribution in [0.4, 0.5) is 0 Å². The molecule has 0 unspecified atom stereocenters. The van der Waals surface area contributed by atoms with Gasteiger partial charge in [-0.15, -0.1) is 0 Å². The quantitative estimate of drug-likeness (QED) is 0.125. The largest absolute Gasteiger partial charge is 0.474 e. The molecule has 0 aromatic rings. The first-order chi connectivity index (χ1) is 11.4. The van der Waals surface area contributed by atoms with Crippen LogP contribution in [0, 0.1) is 0 Å². The summed E-state index contributed by atoms with van der Waals surface area (Å²) < 4.78 is 55.2. The van der Waals surface area contributed by atoms with Gasteiger partial charge in [0.1, 0.15) is 0 Å². The molecule has 0 aliphatic rings. The summed E-state index contributed by atoms with van der Waals surface area (Å²) in [5.74, 6) is 0. The van der Waals surface area contributed by atoms with Gasteiger partial charge in [-0.1, -0.05) is 63.7 Å². The smallest absolute Gasteiger partial charge is 0.286 e. The van der Waals surface area contributed by atoms with Crippen molar-refractivity contribution in [1.82, 2.24) is 0 Å². The van der Waals surface area contributed by atoms with Crippen molar-refractivity contribution < 1.29 is 36.3 Å². The lowest BCUT2D eigenvalue weighted by Gasteiger charge is -2.19. The van der Waals surface area contributed by atoms with Gasteiger partial charge in [0.15, 0.2) is 0 Å². The van der Waals surface area contributed by atoms with E-state index in [1.807, 2.05) is 0 Å². The van der Waals surface area contributed by atoms with Crippen molar-refractivity contribution in [2.24, 2.45) is 0 Å². The zero-order chi connectivity index (χ0) is 18.3. The van der Waals surface area contributed by atoms with E-state index in [0.717, 1.165) is 0 Å². The normalized spacial score (nSPS) is 12.7. The van der Waals surface area contributed by atoms with Gasteiger partial charge in [0.2, 0.25) is 0 Å². The van der Waals surface area contributed by atoms with Crippen LogP contribution in [0.3, 0.4) is 0 Å². The Hall–Kier alpha value is 2.14. The van der Waals surface area contributed by atoms with Crippen LogP contribution < -0.4 is 0 Å². The fourth-order valence-electron chi connectivity index (χ4n) is 1.11. The molecular weight excluding hydrogens is 630 g/mol. The van der Waals surface area contributed by atoms with E-state index < -0.39 is 15.6 Å². The Bertz CT molecular complexity index is 343. The van der Waals surface area contributed by atoms with Crippen LogP contribution >= 0.6 is 79.4 Å². The third-order valence-corrected chi connectivity index (χ3v) is 6.18. The highest BCUT2D eigenvalue weighted by Crippen LogP contribution is 2.51. The molecule has 0 heterocycles. The minimum atomic E-state index is -3.70. The Morgan fingerprint density at radius 3 is 0.875 bits per heavy atom. The molecule has 24 heavy (non-hydrogen) atoms. The first-order valence-corrected chi connectivity index (χ1v) is 14.2. The van der Waals surface area contributed by atoms with Gasteiger partial charge in [-0.3, -0.25) is 27.1 Å². The Balaban J connectivity index is 4.39. The first kappa shape index (κ1) is 26.1. The van der Waals surface area contributed by atoms with Crippen LogP contribution in [0.15, 0.2) is 0 Å². The number of alkyl halides is 4. The maximum atomic E-state index is 12.3. The molecule has 146 valence electrons. The predicted octanol–water partition coefficient (Wildman–Crippen LogP) is 4.88. The van der Waals surface area contributed by atoms with Gasteiger partial charge < -0.3 is 0 Å². The van der Waals surface area contributed by atoms with E-state index in [9.17, 15) is 9.13 Å². The Kier molecular flexibility index (Phi) is 17.6. The summed E-state index contributed by atoms with van der Waals surface area (Å²) in [4.78, 5) is 0. The zero-order valence-electron chi connectivity index (χ0n) is 12.7. The molecule has 0 aromatic carbocycles. The number of hydrogen-bond acceptors (Lipinski definition) is 8. The summed E-state index contributed by atoms with van der Waals surface area (Å²) in [5, 5.41) is 1.91. The summed E-state index contributed by atoms with van der Waals surface area (Å²) in [6, 6.07) is 0. The number of rotatable bonds is 17. The maximum absolute atomic E-state index is 12.3. The second-order valence-corrected chi connectivity index (χ2v) is 10.2. The lowest BCUT2D eigenvalue weighted by Crippen LogP contribution is -2.10. The monoisotopic (exact) mass is 646 g/mol. The summed E-state index contributed by atoms with van der Waals surface area (Å²) in [6.07, 6.45) is 0. The lowest BCUT2D eigenvalue weighted by molar-refractivity contribution is 0.0824. The number of halogens is 4. The van der Waals surface area contributed by atoms with Gasteiger partial charge in [0.05, 0.1) is 39.6 Å². The van der Waals surface area contributed by atoms with Crippen molar-refractivity contribution in [2.75, 3.05) is 61.0 Å². The third-order valence-electron chi connectivity index (χ3n) is 1.89. The van der Waals surface area contributed by atoms with Gasteiger partial charge in [0, 0.05) is 21.3 Å². The van der Waals surface area contributed by atoms with E-state index in [4.69, 9.17) is 27.1 Å². The SMILES string of the molecule is O=P(OCCBr)(OCCBr)OCCOP(=O)(OCCBr)OCCBr. The summed E-state index contributed by atoms with van der Waals surface area (Å²) in [5.41, 5.74) is 0. The number of hydrogen-bond donors (Lipinski definition) is 0. The summed E-state index contributed by atoms with van der Waals surface area (Å²) in [7, 11) is -7.41. The standard InChI is InChI=1S/C10H20Br4O8P2/c11-1-5-17-23(15,18-6-2-12)21-9-10-22-24(16,19-7-3-13)20-8-4-14/h1-10H2. The molecule has 14 heteroatoms. The molecule has 0 bridgehead atoms. The van der Waals surface area contributed by atoms with Gasteiger partial charge in [0.25, 0.3) is 0 Å². The van der Waals surface area contributed by atoms with Crippen LogP contribution in [0.25, 0.3) is 0 Å². The maximum Gasteiger partial charge on any atom is 0.474 e. The minimum Gasteiger partial charge on any atom is -0.286 e. The fourth-order valence-corrected chi connectivity index (χ4v) is 5.06. The van der Waals surface area contributed by atoms with Crippen LogP contribution in [0.2, 0.25) is 0 Å². The third kappa shape index (κ3) is 13.3. The van der Waals surface area contributed by atoms with E-state index in [2.05, 4.69) is 63.7 Å². The molecule has 0 amide bonds. The highest BCUT2D eigenvalue weighted by atomic mass is 79.9. The molecule has 0 radical (unpaired) electrons. The predicted molar refractivity (Wildman–Crippen MR) is 106 cm³/mol. The van der Waals surface area contributed by atoms with Crippen molar-refractivity contribution in [3.05, 3.63) is 0 Å². The molecule has 8 nitrogen and oxygen atoms in total. The molecule has 0 atom stereocenters. The first-order valence-electron chi connectivity index (χ1n) is 6.76. The van der Waals surface area contributed by atoms with Crippen molar-refractivity contribution >= 4 is 79.4 Å². The fraction of sp³-hybridized carbons (Fsp3) is 1.00. The zero-order valence-corrected chi connectivity index (χ0v) is 20.9. The molecule has 0 fully saturated rings. The van der Waals surface area contributed by atoms with Gasteiger partial charge >= 0.3 is 15.6 Å². The Morgan fingerprint density at radius 2 is 0.667 bits per heavy atom. The van der Waals surface area contributed by atoms with Gasteiger partial charge in [-0.05, 0) is 0 Å². The van der Waals surface area contributed by atoms with E-state index in [1.165, 1.54) is 0 Å². The Labute approximate surface area is 175 Å². The van der Waals surface area contributed by atoms with E-state index >= 15 is 0 Å². The molecule has 0 saturated carbocycles. The second kappa shape index (κ2) is 16.1. The summed E-state index contributed by atoms with van der Waals surface area (Å²) >= 11 is 12.6. The van der Waals surface area contributed by atoms with Gasteiger partial charge in [-0.25, -0.2) is 9.13 Å². The second-order valence-electron chi connectivity index (χ2n) is 3.65. The highest BCUT2D eigenvalue weighted by molar-refractivity contribution is 9.09.